The zero-order valence-electron chi connectivity index (χ0n) is 7.61. The van der Waals surface area contributed by atoms with Crippen molar-refractivity contribution >= 4 is 20.6 Å². The van der Waals surface area contributed by atoms with Crippen LogP contribution in [0.2, 0.25) is 0 Å². The molecule has 13 heavy (non-hydrogen) atoms. The Morgan fingerprint density at radius 2 is 2.46 bits per heavy atom. The van der Waals surface area contributed by atoms with Gasteiger partial charge in [-0.2, -0.15) is 0 Å². The Hall–Kier alpha value is -0.890. The van der Waals surface area contributed by atoms with Crippen LogP contribution in [-0.2, 0) is 9.53 Å². The number of amides is 2. The molecule has 1 aliphatic rings. The van der Waals surface area contributed by atoms with Crippen molar-refractivity contribution in [1.82, 2.24) is 4.90 Å². The fourth-order valence-corrected chi connectivity index (χ4v) is 1.84. The summed E-state index contributed by atoms with van der Waals surface area (Å²) in [7, 11) is 0.500. The van der Waals surface area contributed by atoms with E-state index in [0.717, 1.165) is 0 Å². The number of hydrogen-bond acceptors (Lipinski definition) is 3. The quantitative estimate of drug-likeness (QED) is 0.497. The van der Waals surface area contributed by atoms with Gasteiger partial charge in [-0.05, 0) is 19.7 Å². The SMILES string of the molecule is C/C=C/C(=O)N1C(=O)OC[C@H]1PC. The summed E-state index contributed by atoms with van der Waals surface area (Å²) >= 11 is 0. The minimum atomic E-state index is -0.526. The topological polar surface area (TPSA) is 46.6 Å². The lowest BCUT2D eigenvalue weighted by Gasteiger charge is -2.15. The number of allylic oxidation sites excluding steroid dienone is 1. The Balaban J connectivity index is 2.74. The first-order valence-corrected chi connectivity index (χ1v) is 5.58. The number of imide groups is 1. The average molecular weight is 201 g/mol. The number of hydrogen-bond donors (Lipinski definition) is 0. The van der Waals surface area contributed by atoms with Crippen molar-refractivity contribution < 1.29 is 14.3 Å². The molecule has 0 radical (unpaired) electrons. The maximum Gasteiger partial charge on any atom is 0.417 e. The molecule has 0 bridgehead atoms. The van der Waals surface area contributed by atoms with Crippen LogP contribution in [0.25, 0.3) is 0 Å². The molecule has 72 valence electrons. The van der Waals surface area contributed by atoms with Gasteiger partial charge in [0.2, 0.25) is 0 Å². The predicted molar refractivity (Wildman–Crippen MR) is 51.0 cm³/mol. The van der Waals surface area contributed by atoms with E-state index in [2.05, 4.69) is 0 Å². The summed E-state index contributed by atoms with van der Waals surface area (Å²) in [6, 6.07) is 0. The van der Waals surface area contributed by atoms with Crippen molar-refractivity contribution in [1.29, 1.82) is 0 Å². The van der Waals surface area contributed by atoms with Crippen molar-refractivity contribution in [2.75, 3.05) is 13.3 Å². The molecule has 1 rings (SSSR count). The molecule has 0 aliphatic carbocycles. The molecule has 4 nitrogen and oxygen atoms in total. The van der Waals surface area contributed by atoms with E-state index in [1.165, 1.54) is 11.0 Å². The summed E-state index contributed by atoms with van der Waals surface area (Å²) in [5.74, 6) is -0.361. The molecule has 0 aromatic carbocycles. The van der Waals surface area contributed by atoms with Crippen molar-refractivity contribution in [2.24, 2.45) is 0 Å². The lowest BCUT2D eigenvalue weighted by molar-refractivity contribution is -0.123. The second kappa shape index (κ2) is 4.38. The van der Waals surface area contributed by atoms with Crippen molar-refractivity contribution in [3.8, 4) is 0 Å². The molecule has 1 aliphatic heterocycles. The molecule has 2 amide bonds. The molecule has 0 aromatic heterocycles. The third kappa shape index (κ3) is 2.07. The van der Waals surface area contributed by atoms with Crippen molar-refractivity contribution in [3.63, 3.8) is 0 Å². The van der Waals surface area contributed by atoms with E-state index in [-0.39, 0.29) is 11.7 Å². The van der Waals surface area contributed by atoms with Gasteiger partial charge in [-0.3, -0.25) is 4.79 Å². The summed E-state index contributed by atoms with van der Waals surface area (Å²) in [6.45, 7) is 4.02. The van der Waals surface area contributed by atoms with Crippen LogP contribution in [0, 0.1) is 0 Å². The Kier molecular flexibility index (Phi) is 3.43. The summed E-state index contributed by atoms with van der Waals surface area (Å²) in [5.41, 5.74) is 0. The lowest BCUT2D eigenvalue weighted by atomic mass is 10.4. The van der Waals surface area contributed by atoms with Crippen LogP contribution < -0.4 is 0 Å². The number of carbonyl (C=O) groups is 2. The molecular weight excluding hydrogens is 189 g/mol. The second-order valence-corrected chi connectivity index (χ2v) is 3.83. The molecule has 0 N–H and O–H groups in total. The van der Waals surface area contributed by atoms with Gasteiger partial charge in [0.25, 0.3) is 5.91 Å². The van der Waals surface area contributed by atoms with E-state index in [1.54, 1.807) is 13.0 Å². The smallest absolute Gasteiger partial charge is 0.417 e. The zero-order chi connectivity index (χ0) is 9.84. The number of rotatable bonds is 2. The van der Waals surface area contributed by atoms with Gasteiger partial charge in [-0.15, -0.1) is 0 Å². The van der Waals surface area contributed by atoms with Crippen LogP contribution >= 0.6 is 8.58 Å². The van der Waals surface area contributed by atoms with Crippen LogP contribution in [0.5, 0.6) is 0 Å². The Morgan fingerprint density at radius 1 is 1.77 bits per heavy atom. The number of cyclic esters (lactones) is 1. The van der Waals surface area contributed by atoms with Crippen molar-refractivity contribution in [3.05, 3.63) is 12.2 Å². The fourth-order valence-electron chi connectivity index (χ4n) is 1.10. The summed E-state index contributed by atoms with van der Waals surface area (Å²) in [5, 5.41) is 0. The second-order valence-electron chi connectivity index (χ2n) is 2.59. The first kappa shape index (κ1) is 10.2. The van der Waals surface area contributed by atoms with Gasteiger partial charge in [0.15, 0.2) is 0 Å². The van der Waals surface area contributed by atoms with E-state index >= 15 is 0 Å². The fraction of sp³-hybridized carbons (Fsp3) is 0.500. The predicted octanol–water partition coefficient (Wildman–Crippen LogP) is 1.18. The van der Waals surface area contributed by atoms with Gasteiger partial charge in [-0.25, -0.2) is 9.69 Å². The van der Waals surface area contributed by atoms with Gasteiger partial charge < -0.3 is 4.74 Å². The Morgan fingerprint density at radius 3 is 3.00 bits per heavy atom. The van der Waals surface area contributed by atoms with Crippen LogP contribution in [-0.4, -0.2) is 36.0 Å². The highest BCUT2D eigenvalue weighted by Gasteiger charge is 2.35. The Bertz CT molecular complexity index is 252. The van der Waals surface area contributed by atoms with E-state index in [0.29, 0.717) is 15.2 Å². The standard InChI is InChI=1S/C8H12NO3P/c1-3-4-6(10)9-7(13-2)5-12-8(9)11/h3-4,7,13H,5H2,1-2H3/b4-3+/t7-/m1/s1. The molecule has 2 atom stereocenters. The minimum absolute atomic E-state index is 0.0730. The first-order chi connectivity index (χ1) is 6.20. The van der Waals surface area contributed by atoms with Gasteiger partial charge >= 0.3 is 6.09 Å². The highest BCUT2D eigenvalue weighted by molar-refractivity contribution is 7.38. The third-order valence-corrected chi connectivity index (χ3v) is 2.84. The molecular formula is C8H12NO3P. The van der Waals surface area contributed by atoms with E-state index in [4.69, 9.17) is 4.74 Å². The highest BCUT2D eigenvalue weighted by Crippen LogP contribution is 2.25. The van der Waals surface area contributed by atoms with E-state index in [1.807, 2.05) is 6.66 Å². The molecule has 1 fully saturated rings. The molecule has 0 aromatic rings. The van der Waals surface area contributed by atoms with Crippen molar-refractivity contribution in [2.45, 2.75) is 12.7 Å². The average Bonchev–Trinajstić information content (AvgIpc) is 2.47. The number of carbonyl (C=O) groups excluding carboxylic acids is 2. The largest absolute Gasteiger partial charge is 0.446 e. The zero-order valence-corrected chi connectivity index (χ0v) is 8.61. The summed E-state index contributed by atoms with van der Waals surface area (Å²) in [4.78, 5) is 23.7. The maximum atomic E-state index is 11.4. The van der Waals surface area contributed by atoms with Crippen LogP contribution in [0.15, 0.2) is 12.2 Å². The van der Waals surface area contributed by atoms with Crippen LogP contribution in [0.1, 0.15) is 6.92 Å². The molecule has 5 heteroatoms. The van der Waals surface area contributed by atoms with E-state index in [9.17, 15) is 9.59 Å². The summed E-state index contributed by atoms with van der Waals surface area (Å²) in [6.07, 6.45) is 2.46. The monoisotopic (exact) mass is 201 g/mol. The Labute approximate surface area is 78.7 Å². The van der Waals surface area contributed by atoms with Gasteiger partial charge in [-0.1, -0.05) is 14.7 Å². The van der Waals surface area contributed by atoms with Gasteiger partial charge in [0, 0.05) is 0 Å². The molecule has 1 heterocycles. The molecule has 0 saturated carbocycles. The molecule has 1 unspecified atom stereocenters. The van der Waals surface area contributed by atoms with Gasteiger partial charge in [0.05, 0.1) is 5.78 Å². The maximum absolute atomic E-state index is 11.4. The van der Waals surface area contributed by atoms with Crippen LogP contribution in [0.3, 0.4) is 0 Å². The molecule has 0 spiro atoms. The number of ether oxygens (including phenoxy) is 1. The highest BCUT2D eigenvalue weighted by atomic mass is 31.1. The molecule has 1 saturated heterocycles. The van der Waals surface area contributed by atoms with Crippen LogP contribution in [0.4, 0.5) is 4.79 Å². The van der Waals surface area contributed by atoms with Gasteiger partial charge in [0.1, 0.15) is 6.61 Å². The summed E-state index contributed by atoms with van der Waals surface area (Å²) < 4.78 is 4.78. The minimum Gasteiger partial charge on any atom is -0.446 e. The normalized spacial score (nSPS) is 23.4. The van der Waals surface area contributed by atoms with E-state index < -0.39 is 6.09 Å². The first-order valence-electron chi connectivity index (χ1n) is 4.00. The lowest BCUT2D eigenvalue weighted by Crippen LogP contribution is -2.35. The number of nitrogens with zero attached hydrogens (tertiary/aromatic N) is 1. The third-order valence-electron chi connectivity index (χ3n) is 1.75.